The monoisotopic (exact) mass is 1420 g/mol. The zero-order chi connectivity index (χ0) is 71.8. The van der Waals surface area contributed by atoms with Crippen molar-refractivity contribution < 1.29 is 80.2 Å². The van der Waals surface area contributed by atoms with E-state index >= 15 is 0 Å². The van der Waals surface area contributed by atoms with Gasteiger partial charge in [-0.3, -0.25) is 37.3 Å². The lowest BCUT2D eigenvalue weighted by atomic mass is 10.1. The first-order chi connectivity index (χ1) is 47.7. The first kappa shape index (κ1) is 94.5. The lowest BCUT2D eigenvalue weighted by Crippen LogP contribution is -2.30. The van der Waals surface area contributed by atoms with Crippen LogP contribution in [0.25, 0.3) is 0 Å². The summed E-state index contributed by atoms with van der Waals surface area (Å²) < 4.78 is 68.5. The molecule has 0 rings (SSSR count). The van der Waals surface area contributed by atoms with Crippen LogP contribution in [0.15, 0.2) is 72.9 Å². The highest BCUT2D eigenvalue weighted by Crippen LogP contribution is 2.45. The Labute approximate surface area is 596 Å². The summed E-state index contributed by atoms with van der Waals surface area (Å²) in [5.41, 5.74) is 0. The molecule has 0 aromatic rings. The lowest BCUT2D eigenvalue weighted by molar-refractivity contribution is -0.161. The number of carbonyl (C=O) groups excluding carboxylic acids is 4. The number of aliphatic hydroxyl groups excluding tert-OH is 1. The summed E-state index contributed by atoms with van der Waals surface area (Å²) in [5, 5.41) is 10.6. The predicted molar refractivity (Wildman–Crippen MR) is 400 cm³/mol. The average Bonchev–Trinajstić information content (AvgIpc) is 1.04. The molecule has 0 radical (unpaired) electrons. The van der Waals surface area contributed by atoms with Crippen LogP contribution < -0.4 is 0 Å². The fraction of sp³-hybridized carbons (Fsp3) is 0.797. The Morgan fingerprint density at radius 2 is 0.500 bits per heavy atom. The van der Waals surface area contributed by atoms with Crippen molar-refractivity contribution in [3.8, 4) is 0 Å². The molecule has 0 aliphatic heterocycles. The van der Waals surface area contributed by atoms with Gasteiger partial charge in [0.25, 0.3) is 0 Å². The van der Waals surface area contributed by atoms with Gasteiger partial charge in [0.2, 0.25) is 0 Å². The molecule has 98 heavy (non-hydrogen) atoms. The zero-order valence-electron chi connectivity index (χ0n) is 62.2. The van der Waals surface area contributed by atoms with Crippen LogP contribution in [0.1, 0.15) is 349 Å². The maximum atomic E-state index is 13.1. The predicted octanol–water partition coefficient (Wildman–Crippen LogP) is 22.4. The number of rotatable bonds is 74. The Morgan fingerprint density at radius 3 is 0.786 bits per heavy atom. The maximum absolute atomic E-state index is 13.1. The highest BCUT2D eigenvalue weighted by molar-refractivity contribution is 7.47. The van der Waals surface area contributed by atoms with Gasteiger partial charge >= 0.3 is 39.5 Å². The SMILES string of the molecule is CCCCC/C=C\C/C=C\CCCCCCCC(=O)OC[C@H](COP(=O)(O)OC[C@@H](O)COP(=O)(O)OC[C@@H](COC(=O)CCCCCCC/C=C\CCCCCC)OC(=O)CCCCCCC/C=C\C/C=C\CCCCC)OC(=O)CCCCCCCCC/C=C\CCCCCC. The normalized spacial score (nSPS) is 14.3. The lowest BCUT2D eigenvalue weighted by Gasteiger charge is -2.21. The summed E-state index contributed by atoms with van der Waals surface area (Å²) in [6.07, 6.45) is 71.6. The number of phosphoric acid groups is 2. The summed E-state index contributed by atoms with van der Waals surface area (Å²) in [6, 6.07) is 0. The van der Waals surface area contributed by atoms with E-state index in [-0.39, 0.29) is 25.7 Å². The molecule has 0 aromatic heterocycles. The number of esters is 4. The van der Waals surface area contributed by atoms with Crippen LogP contribution in [0.2, 0.25) is 0 Å². The van der Waals surface area contributed by atoms with Crippen molar-refractivity contribution in [3.63, 3.8) is 0 Å². The number of aliphatic hydroxyl groups is 1. The fourth-order valence-corrected chi connectivity index (χ4v) is 12.1. The van der Waals surface area contributed by atoms with E-state index in [4.69, 9.17) is 37.0 Å². The molecule has 0 saturated heterocycles. The minimum atomic E-state index is -4.98. The van der Waals surface area contributed by atoms with E-state index in [1.165, 1.54) is 89.9 Å². The Kier molecular flexibility index (Phi) is 69.3. The number of hydrogen-bond acceptors (Lipinski definition) is 15. The molecule has 19 heteroatoms. The second-order valence-corrected chi connectivity index (χ2v) is 29.2. The van der Waals surface area contributed by atoms with Gasteiger partial charge in [-0.05, 0) is 141 Å². The van der Waals surface area contributed by atoms with Crippen LogP contribution >= 0.6 is 15.6 Å². The molecule has 0 aliphatic carbocycles. The molecule has 0 bridgehead atoms. The van der Waals surface area contributed by atoms with Crippen molar-refractivity contribution in [2.45, 2.75) is 367 Å². The smallest absolute Gasteiger partial charge is 0.462 e. The van der Waals surface area contributed by atoms with E-state index in [0.717, 1.165) is 180 Å². The minimum Gasteiger partial charge on any atom is -0.462 e. The van der Waals surface area contributed by atoms with Crippen LogP contribution in [0.3, 0.4) is 0 Å². The van der Waals surface area contributed by atoms with Crippen molar-refractivity contribution in [1.29, 1.82) is 0 Å². The average molecular weight is 1430 g/mol. The van der Waals surface area contributed by atoms with Crippen molar-refractivity contribution in [2.24, 2.45) is 0 Å². The molecule has 0 spiro atoms. The third-order valence-corrected chi connectivity index (χ3v) is 18.5. The number of carbonyl (C=O) groups is 4. The maximum Gasteiger partial charge on any atom is 0.472 e. The van der Waals surface area contributed by atoms with E-state index in [2.05, 4.69) is 101 Å². The Hall–Kier alpha value is -3.50. The standard InChI is InChI=1S/C79H142O17P2/c1-5-9-13-17-21-25-29-33-36-40-44-48-52-56-60-64-77(82)90-70-75(96-79(84)66-62-58-54-50-46-42-38-35-31-27-23-19-15-11-7-3)72-94-98(87,88)92-68-73(80)67-91-97(85,86)93-71-74(69-89-76(81)63-59-55-51-47-43-39-32-28-24-20-16-12-8-4)95-78(83)65-61-57-53-49-45-41-37-34-30-26-22-18-14-10-6-2/h21-22,25-28,31-34,36-37,73-75,80H,5-20,23-24,29-30,35,38-72H2,1-4H3,(H,85,86)(H,87,88)/b25-21-,26-22-,31-27-,32-28-,36-33-,37-34-/t73-,74+,75+/m0/s1. The molecule has 0 aliphatic rings. The number of allylic oxidation sites excluding steroid dienone is 12. The molecule has 3 N–H and O–H groups in total. The third-order valence-electron chi connectivity index (χ3n) is 16.6. The van der Waals surface area contributed by atoms with Crippen LogP contribution in [0.4, 0.5) is 0 Å². The van der Waals surface area contributed by atoms with Crippen molar-refractivity contribution in [3.05, 3.63) is 72.9 Å². The summed E-state index contributed by atoms with van der Waals surface area (Å²) in [7, 11) is -9.95. The van der Waals surface area contributed by atoms with E-state index < -0.39 is 97.5 Å². The molecular weight excluding hydrogens is 1280 g/mol. The van der Waals surface area contributed by atoms with Gasteiger partial charge in [0.1, 0.15) is 19.3 Å². The van der Waals surface area contributed by atoms with Gasteiger partial charge in [-0.15, -0.1) is 0 Å². The Bertz CT molecular complexity index is 2140. The third kappa shape index (κ3) is 70.9. The van der Waals surface area contributed by atoms with Crippen molar-refractivity contribution in [1.82, 2.24) is 0 Å². The molecule has 0 aromatic carbocycles. The number of ether oxygens (including phenoxy) is 4. The number of unbranched alkanes of at least 4 members (excludes halogenated alkanes) is 36. The van der Waals surface area contributed by atoms with Gasteiger partial charge in [-0.1, -0.05) is 255 Å². The van der Waals surface area contributed by atoms with Gasteiger partial charge in [0, 0.05) is 25.7 Å². The van der Waals surface area contributed by atoms with Crippen LogP contribution in [-0.2, 0) is 65.4 Å². The quantitative estimate of drug-likeness (QED) is 0.0169. The summed E-state index contributed by atoms with van der Waals surface area (Å²) in [6.45, 7) is 4.79. The molecule has 2 unspecified atom stereocenters. The topological polar surface area (TPSA) is 237 Å². The van der Waals surface area contributed by atoms with Gasteiger partial charge in [-0.2, -0.15) is 0 Å². The molecular formula is C79H142O17P2. The highest BCUT2D eigenvalue weighted by Gasteiger charge is 2.30. The van der Waals surface area contributed by atoms with Gasteiger partial charge in [-0.25, -0.2) is 9.13 Å². The van der Waals surface area contributed by atoms with E-state index in [9.17, 15) is 43.2 Å². The second kappa shape index (κ2) is 71.9. The molecule has 570 valence electrons. The van der Waals surface area contributed by atoms with Crippen molar-refractivity contribution in [2.75, 3.05) is 39.6 Å². The van der Waals surface area contributed by atoms with Crippen LogP contribution in [-0.4, -0.2) is 96.7 Å². The van der Waals surface area contributed by atoms with Gasteiger partial charge in [0.15, 0.2) is 12.2 Å². The highest BCUT2D eigenvalue weighted by atomic mass is 31.2. The Morgan fingerprint density at radius 1 is 0.286 bits per heavy atom. The molecule has 0 saturated carbocycles. The van der Waals surface area contributed by atoms with Gasteiger partial charge in [0.05, 0.1) is 26.4 Å². The molecule has 0 amide bonds. The van der Waals surface area contributed by atoms with E-state index in [1.807, 2.05) is 0 Å². The summed E-state index contributed by atoms with van der Waals surface area (Å²) in [4.78, 5) is 72.9. The zero-order valence-corrected chi connectivity index (χ0v) is 64.0. The number of phosphoric ester groups is 2. The molecule has 0 heterocycles. The summed E-state index contributed by atoms with van der Waals surface area (Å²) >= 11 is 0. The van der Waals surface area contributed by atoms with Gasteiger partial charge < -0.3 is 33.8 Å². The van der Waals surface area contributed by atoms with Crippen LogP contribution in [0, 0.1) is 0 Å². The molecule has 5 atom stereocenters. The van der Waals surface area contributed by atoms with E-state index in [0.29, 0.717) is 25.7 Å². The summed E-state index contributed by atoms with van der Waals surface area (Å²) in [5.74, 6) is -2.20. The first-order valence-electron chi connectivity index (χ1n) is 39.2. The minimum absolute atomic E-state index is 0.0798. The first-order valence-corrected chi connectivity index (χ1v) is 42.2. The molecule has 0 fully saturated rings. The Balaban J connectivity index is 5.36. The van der Waals surface area contributed by atoms with E-state index in [1.54, 1.807) is 0 Å². The molecule has 17 nitrogen and oxygen atoms in total. The fourth-order valence-electron chi connectivity index (χ4n) is 10.6. The second-order valence-electron chi connectivity index (χ2n) is 26.3. The largest absolute Gasteiger partial charge is 0.472 e. The van der Waals surface area contributed by atoms with Crippen molar-refractivity contribution >= 4 is 39.5 Å². The van der Waals surface area contributed by atoms with Crippen LogP contribution in [0.5, 0.6) is 0 Å². The number of hydrogen-bond donors (Lipinski definition) is 3.